The van der Waals surface area contributed by atoms with Gasteiger partial charge in [-0.1, -0.05) is 0 Å². The van der Waals surface area contributed by atoms with Gasteiger partial charge in [0.05, 0.1) is 0 Å². The lowest BCUT2D eigenvalue weighted by Gasteiger charge is -1.54. The van der Waals surface area contributed by atoms with Crippen LogP contribution in [-0.4, -0.2) is 4.44 Å². The first-order chi connectivity index (χ1) is 3.65. The number of hydrogen-bond acceptors (Lipinski definition) is 4. The second kappa shape index (κ2) is 9.18. The van der Waals surface area contributed by atoms with Crippen molar-refractivity contribution in [3.05, 3.63) is 10.1 Å². The minimum Gasteiger partial charge on any atom is -0.243 e. The van der Waals surface area contributed by atoms with Crippen LogP contribution in [0.15, 0.2) is 0 Å². The smallest absolute Gasteiger partial charge is 0.243 e. The summed E-state index contributed by atoms with van der Waals surface area (Å²) in [6, 6.07) is 2.47. The van der Waals surface area contributed by atoms with E-state index >= 15 is 0 Å². The highest BCUT2D eigenvalue weighted by molar-refractivity contribution is 6.04. The molecule has 0 rings (SSSR count). The van der Waals surface area contributed by atoms with Crippen LogP contribution < -0.4 is 0 Å². The van der Waals surface area contributed by atoms with Crippen LogP contribution in [0, 0.1) is 32.8 Å². The van der Waals surface area contributed by atoms with Crippen LogP contribution in [-0.2, 0) is 0 Å². The van der Waals surface area contributed by atoms with Crippen molar-refractivity contribution >= 4 is 11.8 Å². The van der Waals surface area contributed by atoms with E-state index in [-0.39, 0.29) is 0 Å². The van der Waals surface area contributed by atoms with E-state index in [9.17, 15) is 0 Å². The Hall–Kier alpha value is -1.33. The largest absolute Gasteiger partial charge is 0.333 e. The molecule has 5 nitrogen and oxygen atoms in total. The summed E-state index contributed by atoms with van der Waals surface area (Å²) in [6.07, 6.45) is 0. The van der Waals surface area contributed by atoms with Gasteiger partial charge >= 0.3 is 11.8 Å². The van der Waals surface area contributed by atoms with Crippen molar-refractivity contribution in [3.63, 3.8) is 0 Å². The van der Waals surface area contributed by atoms with E-state index in [4.69, 9.17) is 20.6 Å². The molecule has 0 saturated carbocycles. The maximum absolute atomic E-state index is 8.57. The standard InChI is InChI=1S/C2N2.ClNO2/c3-1-2-4;1-2(3)4. The van der Waals surface area contributed by atoms with E-state index in [2.05, 4.69) is 11.8 Å². The molecule has 0 spiro atoms. The summed E-state index contributed by atoms with van der Waals surface area (Å²) in [5.74, 6) is 0. The lowest BCUT2D eigenvalue weighted by molar-refractivity contribution is -0.310. The molecule has 0 unspecified atom stereocenters. The third-order valence-electron chi connectivity index (χ3n) is 0.0500. The predicted octanol–water partition coefficient (Wildman–Crippen LogP) is 0.450. The quantitative estimate of drug-likeness (QED) is 0.273. The van der Waals surface area contributed by atoms with E-state index in [0.717, 1.165) is 0 Å². The van der Waals surface area contributed by atoms with Gasteiger partial charge in [0.2, 0.25) is 0 Å². The zero-order valence-corrected chi connectivity index (χ0v) is 4.29. The zero-order valence-electron chi connectivity index (χ0n) is 3.54. The van der Waals surface area contributed by atoms with Gasteiger partial charge < -0.3 is 0 Å². The Morgan fingerprint density at radius 2 is 1.62 bits per heavy atom. The Bertz CT molecular complexity index is 126. The summed E-state index contributed by atoms with van der Waals surface area (Å²) >= 11 is 4.00. The molecule has 0 aliphatic rings. The monoisotopic (exact) mass is 133 g/mol. The molecule has 0 aliphatic heterocycles. The third-order valence-corrected chi connectivity index (χ3v) is 0.0500. The highest BCUT2D eigenvalue weighted by Gasteiger charge is 1.68. The van der Waals surface area contributed by atoms with Gasteiger partial charge in [0.15, 0.2) is 16.6 Å². The first-order valence-electron chi connectivity index (χ1n) is 1.23. The van der Waals surface area contributed by atoms with Crippen molar-refractivity contribution < 1.29 is 4.44 Å². The Morgan fingerprint density at radius 3 is 1.62 bits per heavy atom. The van der Waals surface area contributed by atoms with Gasteiger partial charge in [0.25, 0.3) is 0 Å². The molecule has 0 aliphatic carbocycles. The van der Waals surface area contributed by atoms with Crippen molar-refractivity contribution in [1.29, 1.82) is 10.5 Å². The van der Waals surface area contributed by atoms with Crippen molar-refractivity contribution in [1.82, 2.24) is 0 Å². The van der Waals surface area contributed by atoms with Crippen LogP contribution in [0.4, 0.5) is 0 Å². The molecule has 6 heteroatoms. The number of nitrogens with zero attached hydrogens (tertiary/aromatic N) is 3. The molecule has 42 valence electrons. The topological polar surface area (TPSA) is 90.7 Å². The summed E-state index contributed by atoms with van der Waals surface area (Å²) in [7, 11) is 0. The summed E-state index contributed by atoms with van der Waals surface area (Å²) in [4.78, 5) is 8.57. The summed E-state index contributed by atoms with van der Waals surface area (Å²) < 4.78 is -1.03. The Morgan fingerprint density at radius 1 is 1.50 bits per heavy atom. The zero-order chi connectivity index (χ0) is 6.99. The Kier molecular flexibility index (Phi) is 11.3. The fourth-order valence-electron chi connectivity index (χ4n) is 0. The van der Waals surface area contributed by atoms with Crippen molar-refractivity contribution in [2.24, 2.45) is 0 Å². The van der Waals surface area contributed by atoms with E-state index in [1.807, 2.05) is 0 Å². The second-order valence-electron chi connectivity index (χ2n) is 0.436. The lowest BCUT2D eigenvalue weighted by Crippen LogP contribution is -1.65. The van der Waals surface area contributed by atoms with Crippen molar-refractivity contribution in [2.45, 2.75) is 0 Å². The van der Waals surface area contributed by atoms with E-state index in [0.29, 0.717) is 0 Å². The Balaban J connectivity index is 0. The van der Waals surface area contributed by atoms with E-state index in [1.54, 1.807) is 0 Å². The Labute approximate surface area is 50.0 Å². The summed E-state index contributed by atoms with van der Waals surface area (Å²) in [5, 5.41) is 23.1. The van der Waals surface area contributed by atoms with E-state index in [1.165, 1.54) is 12.1 Å². The first kappa shape index (κ1) is 9.83. The molecule has 0 aromatic rings. The molecule has 0 aromatic carbocycles. The van der Waals surface area contributed by atoms with Gasteiger partial charge in [-0.3, -0.25) is 0 Å². The van der Waals surface area contributed by atoms with Crippen LogP contribution in [0.25, 0.3) is 0 Å². The summed E-state index contributed by atoms with van der Waals surface area (Å²) in [6.45, 7) is 0. The van der Waals surface area contributed by atoms with Crippen LogP contribution >= 0.6 is 11.8 Å². The molecule has 0 N–H and O–H groups in total. The van der Waals surface area contributed by atoms with Crippen LogP contribution in [0.2, 0.25) is 0 Å². The maximum Gasteiger partial charge on any atom is 0.333 e. The van der Waals surface area contributed by atoms with E-state index < -0.39 is 4.44 Å². The average Bonchev–Trinajstić information content (AvgIpc) is 1.65. The van der Waals surface area contributed by atoms with Crippen LogP contribution in [0.1, 0.15) is 0 Å². The van der Waals surface area contributed by atoms with Crippen LogP contribution in [0.5, 0.6) is 0 Å². The molecule has 0 atom stereocenters. The van der Waals surface area contributed by atoms with Crippen molar-refractivity contribution in [3.8, 4) is 12.1 Å². The molecule has 8 heavy (non-hydrogen) atoms. The normalized spacial score (nSPS) is 4.38. The lowest BCUT2D eigenvalue weighted by atomic mass is 10.9. The number of nitro groups is 1. The number of nitriles is 2. The van der Waals surface area contributed by atoms with Gasteiger partial charge in [0.1, 0.15) is 0 Å². The molecule has 0 amide bonds. The predicted molar refractivity (Wildman–Crippen MR) is 24.1 cm³/mol. The second-order valence-corrected chi connectivity index (χ2v) is 0.712. The maximum atomic E-state index is 8.57. The molecule has 0 aromatic heterocycles. The fraction of sp³-hybridized carbons (Fsp3) is 0. The molecule has 0 fully saturated rings. The molecule has 0 radical (unpaired) electrons. The third kappa shape index (κ3) is 578. The van der Waals surface area contributed by atoms with Gasteiger partial charge in [-0.2, -0.15) is 10.5 Å². The van der Waals surface area contributed by atoms with Gasteiger partial charge in [-0.05, 0) is 0 Å². The molecular weight excluding hydrogens is 133 g/mol. The van der Waals surface area contributed by atoms with Crippen molar-refractivity contribution in [2.75, 3.05) is 0 Å². The molecular formula is C2ClN3O2. The highest BCUT2D eigenvalue weighted by Crippen LogP contribution is 1.64. The molecule has 0 bridgehead atoms. The number of hydrogen-bond donors (Lipinski definition) is 0. The molecule has 0 saturated heterocycles. The minimum atomic E-state index is -1.03. The van der Waals surface area contributed by atoms with Gasteiger partial charge in [-0.25, -0.2) is 10.1 Å². The van der Waals surface area contributed by atoms with Gasteiger partial charge in [0, 0.05) is 0 Å². The first-order valence-corrected chi connectivity index (χ1v) is 1.57. The molecule has 0 heterocycles. The number of rotatable bonds is 0. The number of halogens is 1. The van der Waals surface area contributed by atoms with Gasteiger partial charge in [-0.15, -0.1) is 0 Å². The van der Waals surface area contributed by atoms with Crippen LogP contribution in [0.3, 0.4) is 0 Å². The fourth-order valence-corrected chi connectivity index (χ4v) is 0. The highest BCUT2D eigenvalue weighted by atomic mass is 35.5. The minimum absolute atomic E-state index is 1.03. The summed E-state index contributed by atoms with van der Waals surface area (Å²) in [5.41, 5.74) is 0. The SMILES string of the molecule is N#CC#N.O=[N+]([O-])Cl. The average molecular weight is 133 g/mol.